The van der Waals surface area contributed by atoms with Gasteiger partial charge in [0.25, 0.3) is 5.91 Å². The molecule has 2 aromatic carbocycles. The van der Waals surface area contributed by atoms with Crippen molar-refractivity contribution in [2.24, 2.45) is 0 Å². The van der Waals surface area contributed by atoms with E-state index in [4.69, 9.17) is 21.1 Å². The molecule has 0 bridgehead atoms. The van der Waals surface area contributed by atoms with Crippen LogP contribution in [0.15, 0.2) is 46.9 Å². The van der Waals surface area contributed by atoms with E-state index in [1.807, 2.05) is 31.2 Å². The van der Waals surface area contributed by atoms with Gasteiger partial charge in [0.1, 0.15) is 18.1 Å². The Morgan fingerprint density at radius 1 is 1.21 bits per heavy atom. The summed E-state index contributed by atoms with van der Waals surface area (Å²) in [6.07, 6.45) is -0.583. The standard InChI is InChI=1S/C18H19BrClNO3/c1-12-3-6-16(11-17(12)20)23-10-9-21-18(22)13(2)24-15-7-4-14(19)5-8-15/h3-8,11,13H,9-10H2,1-2H3,(H,21,22). The molecule has 0 saturated heterocycles. The zero-order valence-corrected chi connectivity index (χ0v) is 15.9. The molecule has 24 heavy (non-hydrogen) atoms. The van der Waals surface area contributed by atoms with Crippen LogP contribution in [0.3, 0.4) is 0 Å². The zero-order chi connectivity index (χ0) is 17.5. The van der Waals surface area contributed by atoms with E-state index in [1.54, 1.807) is 25.1 Å². The summed E-state index contributed by atoms with van der Waals surface area (Å²) < 4.78 is 12.1. The minimum atomic E-state index is -0.583. The molecule has 0 fully saturated rings. The second kappa shape index (κ2) is 8.94. The molecule has 1 amide bonds. The minimum absolute atomic E-state index is 0.191. The third kappa shape index (κ3) is 5.73. The molecule has 0 radical (unpaired) electrons. The van der Waals surface area contributed by atoms with Crippen LogP contribution >= 0.6 is 27.5 Å². The van der Waals surface area contributed by atoms with Crippen LogP contribution in [0.25, 0.3) is 0 Å². The summed E-state index contributed by atoms with van der Waals surface area (Å²) in [5.41, 5.74) is 0.997. The van der Waals surface area contributed by atoms with E-state index >= 15 is 0 Å². The van der Waals surface area contributed by atoms with Crippen molar-refractivity contribution < 1.29 is 14.3 Å². The van der Waals surface area contributed by atoms with E-state index < -0.39 is 6.10 Å². The number of ether oxygens (including phenoxy) is 2. The molecular formula is C18H19BrClNO3. The molecule has 2 aromatic rings. The van der Waals surface area contributed by atoms with Crippen molar-refractivity contribution in [1.82, 2.24) is 5.32 Å². The summed E-state index contributed by atoms with van der Waals surface area (Å²) in [4.78, 5) is 12.0. The van der Waals surface area contributed by atoms with Gasteiger partial charge in [-0.25, -0.2) is 0 Å². The number of nitrogens with one attached hydrogen (secondary N) is 1. The molecule has 0 saturated carbocycles. The van der Waals surface area contributed by atoms with Gasteiger partial charge in [0.15, 0.2) is 6.10 Å². The van der Waals surface area contributed by atoms with Gasteiger partial charge >= 0.3 is 0 Å². The Hall–Kier alpha value is -1.72. The lowest BCUT2D eigenvalue weighted by Gasteiger charge is -2.15. The van der Waals surface area contributed by atoms with Crippen molar-refractivity contribution in [3.63, 3.8) is 0 Å². The van der Waals surface area contributed by atoms with Gasteiger partial charge in [-0.15, -0.1) is 0 Å². The molecule has 0 spiro atoms. The quantitative estimate of drug-likeness (QED) is 0.687. The first-order chi connectivity index (χ1) is 11.5. The highest BCUT2D eigenvalue weighted by atomic mass is 79.9. The van der Waals surface area contributed by atoms with Crippen LogP contribution in [-0.2, 0) is 4.79 Å². The fourth-order valence-corrected chi connectivity index (χ4v) is 2.36. The summed E-state index contributed by atoms with van der Waals surface area (Å²) in [5.74, 6) is 1.13. The van der Waals surface area contributed by atoms with Crippen LogP contribution in [0, 0.1) is 6.92 Å². The number of rotatable bonds is 7. The number of carbonyl (C=O) groups excluding carboxylic acids is 1. The molecule has 0 aliphatic heterocycles. The molecule has 1 atom stereocenters. The van der Waals surface area contributed by atoms with E-state index in [9.17, 15) is 4.79 Å². The highest BCUT2D eigenvalue weighted by molar-refractivity contribution is 9.10. The van der Waals surface area contributed by atoms with Crippen LogP contribution in [0.1, 0.15) is 12.5 Å². The largest absolute Gasteiger partial charge is 0.492 e. The first-order valence-electron chi connectivity index (χ1n) is 7.54. The Morgan fingerprint density at radius 2 is 1.88 bits per heavy atom. The molecular weight excluding hydrogens is 394 g/mol. The van der Waals surface area contributed by atoms with Gasteiger partial charge < -0.3 is 14.8 Å². The Balaban J connectivity index is 1.72. The van der Waals surface area contributed by atoms with Crippen molar-refractivity contribution in [2.75, 3.05) is 13.2 Å². The van der Waals surface area contributed by atoms with Crippen molar-refractivity contribution >= 4 is 33.4 Å². The first-order valence-corrected chi connectivity index (χ1v) is 8.71. The van der Waals surface area contributed by atoms with Crippen LogP contribution in [0.5, 0.6) is 11.5 Å². The van der Waals surface area contributed by atoms with Gasteiger partial charge in [-0.1, -0.05) is 33.6 Å². The predicted octanol–water partition coefficient (Wildman–Crippen LogP) is 4.37. The van der Waals surface area contributed by atoms with Crippen LogP contribution in [0.2, 0.25) is 5.02 Å². The number of carbonyl (C=O) groups is 1. The van der Waals surface area contributed by atoms with Crippen molar-refractivity contribution in [3.05, 3.63) is 57.5 Å². The van der Waals surface area contributed by atoms with Gasteiger partial charge in [0.05, 0.1) is 6.54 Å². The normalized spacial score (nSPS) is 11.7. The average Bonchev–Trinajstić information content (AvgIpc) is 2.56. The fraction of sp³-hybridized carbons (Fsp3) is 0.278. The summed E-state index contributed by atoms with van der Waals surface area (Å²) >= 11 is 9.39. The summed E-state index contributed by atoms with van der Waals surface area (Å²) in [7, 11) is 0. The Morgan fingerprint density at radius 3 is 2.54 bits per heavy atom. The van der Waals surface area contributed by atoms with Gasteiger partial charge in [0, 0.05) is 9.50 Å². The average molecular weight is 413 g/mol. The highest BCUT2D eigenvalue weighted by Gasteiger charge is 2.14. The van der Waals surface area contributed by atoms with Crippen LogP contribution in [-0.4, -0.2) is 25.2 Å². The predicted molar refractivity (Wildman–Crippen MR) is 98.9 cm³/mol. The lowest BCUT2D eigenvalue weighted by molar-refractivity contribution is -0.127. The molecule has 0 aromatic heterocycles. The Labute approximate surface area is 155 Å². The third-order valence-corrected chi connectivity index (χ3v) is 4.24. The second-order valence-electron chi connectivity index (χ2n) is 5.26. The van der Waals surface area contributed by atoms with E-state index in [2.05, 4.69) is 21.2 Å². The molecule has 0 heterocycles. The lowest BCUT2D eigenvalue weighted by atomic mass is 10.2. The van der Waals surface area contributed by atoms with E-state index in [0.29, 0.717) is 29.7 Å². The van der Waals surface area contributed by atoms with E-state index in [0.717, 1.165) is 10.0 Å². The summed E-state index contributed by atoms with van der Waals surface area (Å²) in [6.45, 7) is 4.38. The Bertz CT molecular complexity index is 691. The number of benzene rings is 2. The molecule has 128 valence electrons. The van der Waals surface area contributed by atoms with Gasteiger partial charge in [-0.3, -0.25) is 4.79 Å². The van der Waals surface area contributed by atoms with E-state index in [-0.39, 0.29) is 5.91 Å². The molecule has 0 aliphatic carbocycles. The monoisotopic (exact) mass is 411 g/mol. The maximum atomic E-state index is 12.0. The smallest absolute Gasteiger partial charge is 0.260 e. The van der Waals surface area contributed by atoms with Gasteiger partial charge in [-0.2, -0.15) is 0 Å². The number of halogens is 2. The number of amides is 1. The SMILES string of the molecule is Cc1ccc(OCCNC(=O)C(C)Oc2ccc(Br)cc2)cc1Cl. The lowest BCUT2D eigenvalue weighted by Crippen LogP contribution is -2.38. The first kappa shape index (κ1) is 18.6. The summed E-state index contributed by atoms with van der Waals surface area (Å²) in [6, 6.07) is 12.8. The molecule has 0 aliphatic rings. The molecule has 1 unspecified atom stereocenters. The van der Waals surface area contributed by atoms with E-state index in [1.165, 1.54) is 0 Å². The molecule has 4 nitrogen and oxygen atoms in total. The number of hydrogen-bond acceptors (Lipinski definition) is 3. The fourth-order valence-electron chi connectivity index (χ4n) is 1.92. The second-order valence-corrected chi connectivity index (χ2v) is 6.59. The van der Waals surface area contributed by atoms with Gasteiger partial charge in [0.2, 0.25) is 0 Å². The van der Waals surface area contributed by atoms with Crippen LogP contribution in [0.4, 0.5) is 0 Å². The van der Waals surface area contributed by atoms with Crippen molar-refractivity contribution in [2.45, 2.75) is 20.0 Å². The van der Waals surface area contributed by atoms with Crippen LogP contribution < -0.4 is 14.8 Å². The Kier molecular flexibility index (Phi) is 6.94. The zero-order valence-electron chi connectivity index (χ0n) is 13.5. The third-order valence-electron chi connectivity index (χ3n) is 3.31. The maximum Gasteiger partial charge on any atom is 0.260 e. The highest BCUT2D eigenvalue weighted by Crippen LogP contribution is 2.21. The summed E-state index contributed by atoms with van der Waals surface area (Å²) in [5, 5.41) is 3.44. The van der Waals surface area contributed by atoms with Crippen molar-refractivity contribution in [1.29, 1.82) is 0 Å². The minimum Gasteiger partial charge on any atom is -0.492 e. The van der Waals surface area contributed by atoms with Crippen molar-refractivity contribution in [3.8, 4) is 11.5 Å². The van der Waals surface area contributed by atoms with Gasteiger partial charge in [-0.05, 0) is 55.8 Å². The molecule has 2 rings (SSSR count). The maximum absolute atomic E-state index is 12.0. The molecule has 1 N–H and O–H groups in total. The topological polar surface area (TPSA) is 47.6 Å². The molecule has 6 heteroatoms. The number of hydrogen-bond donors (Lipinski definition) is 1. The number of aryl methyl sites for hydroxylation is 1.